The van der Waals surface area contributed by atoms with Crippen LogP contribution < -0.4 is 5.32 Å². The number of fused-ring (bicyclic) bond motifs is 2. The van der Waals surface area contributed by atoms with Gasteiger partial charge in [-0.15, -0.1) is 0 Å². The number of rotatable bonds is 3. The molecule has 1 heterocycles. The standard InChI is InChI=1S/C15H22BrN3O/c1-8(12-7-10-4-5-11(12)6-10)17-15(20)14-13(16)9(2)18-19(14)3/h8,10-12H,4-7H2,1-3H3,(H,17,20)/t8-,10-,11-,12+/m0/s1. The molecule has 110 valence electrons. The fourth-order valence-electron chi connectivity index (χ4n) is 4.17. The van der Waals surface area contributed by atoms with Crippen molar-refractivity contribution in [2.75, 3.05) is 0 Å². The lowest BCUT2D eigenvalue weighted by molar-refractivity contribution is 0.0905. The van der Waals surface area contributed by atoms with Gasteiger partial charge in [0, 0.05) is 13.1 Å². The second-order valence-electron chi connectivity index (χ2n) is 6.47. The summed E-state index contributed by atoms with van der Waals surface area (Å²) in [5.74, 6) is 2.38. The Morgan fingerprint density at radius 2 is 2.20 bits per heavy atom. The third-order valence-electron chi connectivity index (χ3n) is 5.16. The lowest BCUT2D eigenvalue weighted by Gasteiger charge is -2.28. The Morgan fingerprint density at radius 1 is 1.45 bits per heavy atom. The molecule has 2 bridgehead atoms. The molecule has 2 fully saturated rings. The van der Waals surface area contributed by atoms with Crippen LogP contribution in [0.3, 0.4) is 0 Å². The molecule has 1 amide bonds. The lowest BCUT2D eigenvalue weighted by Crippen LogP contribution is -2.40. The lowest BCUT2D eigenvalue weighted by atomic mass is 9.84. The summed E-state index contributed by atoms with van der Waals surface area (Å²) >= 11 is 3.46. The summed E-state index contributed by atoms with van der Waals surface area (Å²) in [4.78, 5) is 12.5. The molecule has 0 saturated heterocycles. The van der Waals surface area contributed by atoms with E-state index in [1.165, 1.54) is 25.7 Å². The highest BCUT2D eigenvalue weighted by Crippen LogP contribution is 2.49. The molecule has 1 aromatic rings. The Morgan fingerprint density at radius 3 is 2.70 bits per heavy atom. The van der Waals surface area contributed by atoms with E-state index in [4.69, 9.17) is 0 Å². The number of hydrogen-bond donors (Lipinski definition) is 1. The Labute approximate surface area is 128 Å². The summed E-state index contributed by atoms with van der Waals surface area (Å²) < 4.78 is 2.46. The van der Waals surface area contributed by atoms with Crippen LogP contribution in [0.5, 0.6) is 0 Å². The maximum absolute atomic E-state index is 12.5. The molecule has 2 aliphatic rings. The van der Waals surface area contributed by atoms with E-state index in [1.807, 2.05) is 14.0 Å². The van der Waals surface area contributed by atoms with Crippen molar-refractivity contribution in [2.24, 2.45) is 24.8 Å². The molecule has 2 aliphatic carbocycles. The van der Waals surface area contributed by atoms with Crippen LogP contribution in [0, 0.1) is 24.7 Å². The average molecular weight is 340 g/mol. The minimum Gasteiger partial charge on any atom is -0.348 e. The van der Waals surface area contributed by atoms with Crippen molar-refractivity contribution in [3.63, 3.8) is 0 Å². The zero-order chi connectivity index (χ0) is 14.4. The molecule has 4 nitrogen and oxygen atoms in total. The molecule has 1 aromatic heterocycles. The highest BCUT2D eigenvalue weighted by Gasteiger charge is 2.42. The van der Waals surface area contributed by atoms with E-state index in [1.54, 1.807) is 4.68 Å². The van der Waals surface area contributed by atoms with Crippen LogP contribution in [0.1, 0.15) is 48.8 Å². The van der Waals surface area contributed by atoms with E-state index in [9.17, 15) is 4.79 Å². The maximum atomic E-state index is 12.5. The highest BCUT2D eigenvalue weighted by molar-refractivity contribution is 9.10. The Bertz CT molecular complexity index is 539. The zero-order valence-electron chi connectivity index (χ0n) is 12.3. The van der Waals surface area contributed by atoms with E-state index >= 15 is 0 Å². The van der Waals surface area contributed by atoms with Gasteiger partial charge in [0.05, 0.1) is 10.2 Å². The van der Waals surface area contributed by atoms with Crippen LogP contribution in [-0.4, -0.2) is 21.7 Å². The second-order valence-corrected chi connectivity index (χ2v) is 7.27. The average Bonchev–Trinajstić information content (AvgIpc) is 3.05. The molecule has 4 atom stereocenters. The largest absolute Gasteiger partial charge is 0.348 e. The molecule has 20 heavy (non-hydrogen) atoms. The Kier molecular flexibility index (Phi) is 3.65. The van der Waals surface area contributed by atoms with E-state index in [-0.39, 0.29) is 11.9 Å². The molecule has 5 heteroatoms. The number of aromatic nitrogens is 2. The molecule has 0 unspecified atom stereocenters. The van der Waals surface area contributed by atoms with Crippen LogP contribution in [0.15, 0.2) is 4.47 Å². The zero-order valence-corrected chi connectivity index (χ0v) is 13.9. The van der Waals surface area contributed by atoms with Crippen molar-refractivity contribution < 1.29 is 4.79 Å². The SMILES string of the molecule is Cc1nn(C)c(C(=O)N[C@@H](C)[C@H]2C[C@H]3CC[C@H]2C3)c1Br. The molecule has 0 aromatic carbocycles. The Balaban J connectivity index is 1.69. The van der Waals surface area contributed by atoms with Gasteiger partial charge < -0.3 is 5.32 Å². The van der Waals surface area contributed by atoms with Gasteiger partial charge in [0.1, 0.15) is 5.69 Å². The van der Waals surface area contributed by atoms with Crippen molar-refractivity contribution in [2.45, 2.75) is 45.6 Å². The number of carbonyl (C=O) groups is 1. The van der Waals surface area contributed by atoms with Gasteiger partial charge in [-0.2, -0.15) is 5.10 Å². The Hall–Kier alpha value is -0.840. The minimum absolute atomic E-state index is 0.0183. The molecule has 1 N–H and O–H groups in total. The summed E-state index contributed by atoms with van der Waals surface area (Å²) in [5.41, 5.74) is 1.47. The van der Waals surface area contributed by atoms with Gasteiger partial charge in [0.2, 0.25) is 0 Å². The monoisotopic (exact) mass is 339 g/mol. The maximum Gasteiger partial charge on any atom is 0.270 e. The first kappa shape index (κ1) is 14.1. The van der Waals surface area contributed by atoms with Crippen molar-refractivity contribution >= 4 is 21.8 Å². The third kappa shape index (κ3) is 2.30. The molecule has 2 saturated carbocycles. The van der Waals surface area contributed by atoms with Crippen molar-refractivity contribution in [3.05, 3.63) is 15.9 Å². The van der Waals surface area contributed by atoms with Gasteiger partial charge in [-0.05, 0) is 66.8 Å². The summed E-state index contributed by atoms with van der Waals surface area (Å²) in [5, 5.41) is 7.47. The summed E-state index contributed by atoms with van der Waals surface area (Å²) in [6, 6.07) is 0.250. The number of halogens is 1. The fourth-order valence-corrected chi connectivity index (χ4v) is 4.68. The summed E-state index contributed by atoms with van der Waals surface area (Å²) in [6.45, 7) is 4.06. The topological polar surface area (TPSA) is 46.9 Å². The molecular weight excluding hydrogens is 318 g/mol. The predicted molar refractivity (Wildman–Crippen MR) is 81.5 cm³/mol. The number of nitrogens with one attached hydrogen (secondary N) is 1. The van der Waals surface area contributed by atoms with Gasteiger partial charge in [0.15, 0.2) is 0 Å². The number of hydrogen-bond acceptors (Lipinski definition) is 2. The normalized spacial score (nSPS) is 29.7. The van der Waals surface area contributed by atoms with Gasteiger partial charge in [-0.3, -0.25) is 9.48 Å². The number of amides is 1. The third-order valence-corrected chi connectivity index (χ3v) is 6.11. The fraction of sp³-hybridized carbons (Fsp3) is 0.733. The van der Waals surface area contributed by atoms with Crippen LogP contribution >= 0.6 is 15.9 Å². The van der Waals surface area contributed by atoms with Gasteiger partial charge in [-0.25, -0.2) is 0 Å². The highest BCUT2D eigenvalue weighted by atomic mass is 79.9. The molecule has 0 radical (unpaired) electrons. The first-order valence-electron chi connectivity index (χ1n) is 7.47. The van der Waals surface area contributed by atoms with Crippen LogP contribution in [0.2, 0.25) is 0 Å². The van der Waals surface area contributed by atoms with Crippen molar-refractivity contribution in [3.8, 4) is 0 Å². The number of carbonyl (C=O) groups excluding carboxylic acids is 1. The predicted octanol–water partition coefficient (Wildman–Crippen LogP) is 3.05. The van der Waals surface area contributed by atoms with Gasteiger partial charge >= 0.3 is 0 Å². The van der Waals surface area contributed by atoms with Gasteiger partial charge in [-0.1, -0.05) is 6.42 Å². The smallest absolute Gasteiger partial charge is 0.270 e. The van der Waals surface area contributed by atoms with E-state index in [2.05, 4.69) is 33.3 Å². The number of nitrogens with zero attached hydrogens (tertiary/aromatic N) is 2. The van der Waals surface area contributed by atoms with Crippen LogP contribution in [0.25, 0.3) is 0 Å². The molecule has 0 aliphatic heterocycles. The van der Waals surface area contributed by atoms with E-state index in [0.29, 0.717) is 11.6 Å². The number of aryl methyl sites for hydroxylation is 2. The summed E-state index contributed by atoms with van der Waals surface area (Å²) in [6.07, 6.45) is 5.41. The van der Waals surface area contributed by atoms with Gasteiger partial charge in [0.25, 0.3) is 5.91 Å². The van der Waals surface area contributed by atoms with E-state index in [0.717, 1.165) is 22.0 Å². The van der Waals surface area contributed by atoms with Crippen LogP contribution in [0.4, 0.5) is 0 Å². The van der Waals surface area contributed by atoms with Crippen molar-refractivity contribution in [1.82, 2.24) is 15.1 Å². The second kappa shape index (κ2) is 5.17. The quantitative estimate of drug-likeness (QED) is 0.919. The molecular formula is C15H22BrN3O. The summed E-state index contributed by atoms with van der Waals surface area (Å²) in [7, 11) is 1.81. The van der Waals surface area contributed by atoms with Crippen molar-refractivity contribution in [1.29, 1.82) is 0 Å². The van der Waals surface area contributed by atoms with Crippen LogP contribution in [-0.2, 0) is 7.05 Å². The first-order chi connectivity index (χ1) is 9.47. The molecule has 0 spiro atoms. The first-order valence-corrected chi connectivity index (χ1v) is 8.26. The van der Waals surface area contributed by atoms with E-state index < -0.39 is 0 Å². The molecule has 3 rings (SSSR count). The minimum atomic E-state index is -0.0183.